The standard InChI is InChI=1S/C9H17BrN4/c1-14-9(12-8-13-14)7-11-6-4-2-3-5-10/h8,11H,2-7H2,1H3. The highest BCUT2D eigenvalue weighted by Crippen LogP contribution is 1.97. The molecule has 80 valence electrons. The van der Waals surface area contributed by atoms with Crippen LogP contribution in [0.2, 0.25) is 0 Å². The van der Waals surface area contributed by atoms with Gasteiger partial charge in [-0.05, 0) is 19.4 Å². The van der Waals surface area contributed by atoms with E-state index in [9.17, 15) is 0 Å². The maximum absolute atomic E-state index is 4.13. The van der Waals surface area contributed by atoms with Gasteiger partial charge in [-0.25, -0.2) is 4.98 Å². The van der Waals surface area contributed by atoms with Crippen LogP contribution in [0.15, 0.2) is 6.33 Å². The molecule has 0 saturated heterocycles. The average Bonchev–Trinajstić information content (AvgIpc) is 2.58. The summed E-state index contributed by atoms with van der Waals surface area (Å²) in [6.45, 7) is 1.87. The van der Waals surface area contributed by atoms with Gasteiger partial charge >= 0.3 is 0 Å². The Balaban J connectivity index is 2.02. The van der Waals surface area contributed by atoms with Crippen molar-refractivity contribution in [2.24, 2.45) is 7.05 Å². The van der Waals surface area contributed by atoms with Crippen molar-refractivity contribution >= 4 is 15.9 Å². The Morgan fingerprint density at radius 2 is 2.29 bits per heavy atom. The number of unbranched alkanes of at least 4 members (excludes halogenated alkanes) is 2. The lowest BCUT2D eigenvalue weighted by atomic mass is 10.2. The first kappa shape index (κ1) is 11.7. The van der Waals surface area contributed by atoms with E-state index in [1.807, 2.05) is 7.05 Å². The van der Waals surface area contributed by atoms with Crippen LogP contribution in [0.3, 0.4) is 0 Å². The highest BCUT2D eigenvalue weighted by atomic mass is 79.9. The summed E-state index contributed by atoms with van der Waals surface area (Å²) in [5.41, 5.74) is 0. The number of nitrogens with zero attached hydrogens (tertiary/aromatic N) is 3. The molecule has 0 aliphatic heterocycles. The molecule has 0 aliphatic rings. The van der Waals surface area contributed by atoms with Crippen LogP contribution in [0, 0.1) is 0 Å². The number of hydrogen-bond donors (Lipinski definition) is 1. The van der Waals surface area contributed by atoms with Gasteiger partial charge in [0.25, 0.3) is 0 Å². The average molecular weight is 261 g/mol. The summed E-state index contributed by atoms with van der Waals surface area (Å²) >= 11 is 3.42. The molecule has 0 fully saturated rings. The summed E-state index contributed by atoms with van der Waals surface area (Å²) in [6.07, 6.45) is 5.34. The number of halogens is 1. The van der Waals surface area contributed by atoms with Gasteiger partial charge in [-0.3, -0.25) is 4.68 Å². The molecule has 0 bridgehead atoms. The van der Waals surface area contributed by atoms with Gasteiger partial charge in [0.15, 0.2) is 0 Å². The van der Waals surface area contributed by atoms with Gasteiger partial charge in [0, 0.05) is 12.4 Å². The molecule has 1 N–H and O–H groups in total. The second-order valence-electron chi connectivity index (χ2n) is 3.23. The van der Waals surface area contributed by atoms with Gasteiger partial charge < -0.3 is 5.32 Å². The van der Waals surface area contributed by atoms with Crippen LogP contribution in [0.5, 0.6) is 0 Å². The smallest absolute Gasteiger partial charge is 0.140 e. The second-order valence-corrected chi connectivity index (χ2v) is 4.02. The zero-order valence-corrected chi connectivity index (χ0v) is 10.1. The zero-order chi connectivity index (χ0) is 10.2. The molecule has 14 heavy (non-hydrogen) atoms. The van der Waals surface area contributed by atoms with Gasteiger partial charge in [0.05, 0.1) is 6.54 Å². The molecule has 0 radical (unpaired) electrons. The Hall–Kier alpha value is -0.420. The predicted octanol–water partition coefficient (Wildman–Crippen LogP) is 1.47. The summed E-state index contributed by atoms with van der Waals surface area (Å²) < 4.78 is 1.80. The third-order valence-corrected chi connectivity index (χ3v) is 2.64. The van der Waals surface area contributed by atoms with E-state index < -0.39 is 0 Å². The Labute approximate surface area is 93.2 Å². The third-order valence-electron chi connectivity index (χ3n) is 2.08. The fourth-order valence-corrected chi connectivity index (χ4v) is 1.60. The third kappa shape index (κ3) is 4.19. The monoisotopic (exact) mass is 260 g/mol. The van der Waals surface area contributed by atoms with E-state index in [0.717, 1.165) is 24.2 Å². The van der Waals surface area contributed by atoms with Crippen LogP contribution in [0.1, 0.15) is 25.1 Å². The zero-order valence-electron chi connectivity index (χ0n) is 8.54. The topological polar surface area (TPSA) is 42.7 Å². The number of aryl methyl sites for hydroxylation is 1. The van der Waals surface area contributed by atoms with E-state index >= 15 is 0 Å². The molecular formula is C9H17BrN4. The van der Waals surface area contributed by atoms with Crippen molar-refractivity contribution in [1.82, 2.24) is 20.1 Å². The fraction of sp³-hybridized carbons (Fsp3) is 0.778. The molecule has 0 aromatic carbocycles. The van der Waals surface area contributed by atoms with Crippen LogP contribution in [-0.2, 0) is 13.6 Å². The molecule has 0 atom stereocenters. The molecule has 1 rings (SSSR count). The minimum absolute atomic E-state index is 0.810. The number of nitrogens with one attached hydrogen (secondary N) is 1. The van der Waals surface area contributed by atoms with E-state index in [2.05, 4.69) is 31.3 Å². The van der Waals surface area contributed by atoms with Crippen molar-refractivity contribution in [3.05, 3.63) is 12.2 Å². The van der Waals surface area contributed by atoms with E-state index in [1.54, 1.807) is 11.0 Å². The Morgan fingerprint density at radius 1 is 1.43 bits per heavy atom. The predicted molar refractivity (Wildman–Crippen MR) is 60.4 cm³/mol. The van der Waals surface area contributed by atoms with Crippen LogP contribution in [0.25, 0.3) is 0 Å². The van der Waals surface area contributed by atoms with Crippen LogP contribution in [0.4, 0.5) is 0 Å². The largest absolute Gasteiger partial charge is 0.310 e. The number of alkyl halides is 1. The molecule has 0 saturated carbocycles. The van der Waals surface area contributed by atoms with Gasteiger partial charge in [-0.15, -0.1) is 0 Å². The number of rotatable bonds is 7. The second kappa shape index (κ2) is 6.95. The molecule has 5 heteroatoms. The minimum atomic E-state index is 0.810. The van der Waals surface area contributed by atoms with Crippen molar-refractivity contribution in [3.8, 4) is 0 Å². The fourth-order valence-electron chi connectivity index (χ4n) is 1.20. The first-order chi connectivity index (χ1) is 6.84. The van der Waals surface area contributed by atoms with Gasteiger partial charge in [0.2, 0.25) is 0 Å². The lowest BCUT2D eigenvalue weighted by molar-refractivity contribution is 0.582. The molecule has 4 nitrogen and oxygen atoms in total. The van der Waals surface area contributed by atoms with Crippen molar-refractivity contribution in [2.45, 2.75) is 25.8 Å². The lowest BCUT2D eigenvalue weighted by Gasteiger charge is -2.03. The molecular weight excluding hydrogens is 244 g/mol. The van der Waals surface area contributed by atoms with E-state index in [1.165, 1.54) is 19.3 Å². The summed E-state index contributed by atoms with van der Waals surface area (Å²) in [6, 6.07) is 0. The summed E-state index contributed by atoms with van der Waals surface area (Å²) in [7, 11) is 1.91. The maximum atomic E-state index is 4.13. The lowest BCUT2D eigenvalue weighted by Crippen LogP contribution is -2.17. The number of hydrogen-bond acceptors (Lipinski definition) is 3. The van der Waals surface area contributed by atoms with E-state index in [4.69, 9.17) is 0 Å². The van der Waals surface area contributed by atoms with Crippen LogP contribution < -0.4 is 5.32 Å². The first-order valence-corrected chi connectivity index (χ1v) is 6.06. The Bertz CT molecular complexity index is 249. The maximum Gasteiger partial charge on any atom is 0.140 e. The van der Waals surface area contributed by atoms with Crippen LogP contribution >= 0.6 is 15.9 Å². The van der Waals surface area contributed by atoms with Crippen molar-refractivity contribution in [3.63, 3.8) is 0 Å². The summed E-state index contributed by atoms with van der Waals surface area (Å²) in [4.78, 5) is 4.13. The molecule has 0 spiro atoms. The highest BCUT2D eigenvalue weighted by Gasteiger charge is 1.98. The molecule has 0 amide bonds. The summed E-state index contributed by atoms with van der Waals surface area (Å²) in [5, 5.41) is 8.46. The van der Waals surface area contributed by atoms with Crippen molar-refractivity contribution < 1.29 is 0 Å². The molecule has 0 unspecified atom stereocenters. The first-order valence-electron chi connectivity index (χ1n) is 4.94. The van der Waals surface area contributed by atoms with Crippen LogP contribution in [-0.4, -0.2) is 26.6 Å². The highest BCUT2D eigenvalue weighted by molar-refractivity contribution is 9.09. The SMILES string of the molecule is Cn1ncnc1CNCCCCCBr. The van der Waals surface area contributed by atoms with Gasteiger partial charge in [0.1, 0.15) is 12.2 Å². The quantitative estimate of drug-likeness (QED) is 0.597. The minimum Gasteiger partial charge on any atom is -0.310 e. The normalized spacial score (nSPS) is 10.7. The number of aromatic nitrogens is 3. The Morgan fingerprint density at radius 3 is 2.93 bits per heavy atom. The summed E-state index contributed by atoms with van der Waals surface area (Å²) in [5.74, 6) is 0.991. The van der Waals surface area contributed by atoms with E-state index in [0.29, 0.717) is 0 Å². The Kier molecular flexibility index (Phi) is 5.78. The molecule has 1 heterocycles. The van der Waals surface area contributed by atoms with Crippen molar-refractivity contribution in [2.75, 3.05) is 11.9 Å². The molecule has 1 aromatic heterocycles. The van der Waals surface area contributed by atoms with Gasteiger partial charge in [-0.1, -0.05) is 22.4 Å². The van der Waals surface area contributed by atoms with Gasteiger partial charge in [-0.2, -0.15) is 5.10 Å². The molecule has 0 aliphatic carbocycles. The van der Waals surface area contributed by atoms with E-state index in [-0.39, 0.29) is 0 Å². The molecule has 1 aromatic rings. The van der Waals surface area contributed by atoms with Crippen molar-refractivity contribution in [1.29, 1.82) is 0 Å².